The van der Waals surface area contributed by atoms with Crippen molar-refractivity contribution in [2.45, 2.75) is 6.10 Å². The van der Waals surface area contributed by atoms with E-state index in [1.807, 2.05) is 0 Å². The highest BCUT2D eigenvalue weighted by Crippen LogP contribution is 2.25. The van der Waals surface area contributed by atoms with E-state index in [9.17, 15) is 13.9 Å². The third kappa shape index (κ3) is 2.62. The van der Waals surface area contributed by atoms with Crippen molar-refractivity contribution < 1.29 is 13.9 Å². The van der Waals surface area contributed by atoms with E-state index in [-0.39, 0.29) is 5.56 Å². The Labute approximate surface area is 102 Å². The lowest BCUT2D eigenvalue weighted by atomic mass is 10.0. The third-order valence-electron chi connectivity index (χ3n) is 2.42. The van der Waals surface area contributed by atoms with Gasteiger partial charge < -0.3 is 5.11 Å². The summed E-state index contributed by atoms with van der Waals surface area (Å²) >= 11 is 5.79. The van der Waals surface area contributed by atoms with Gasteiger partial charge in [-0.15, -0.1) is 0 Å². The summed E-state index contributed by atoms with van der Waals surface area (Å²) in [5.41, 5.74) is 0.815. The molecule has 88 valence electrons. The number of hydrogen-bond acceptors (Lipinski definition) is 1. The summed E-state index contributed by atoms with van der Waals surface area (Å²) in [6, 6.07) is 9.89. The van der Waals surface area contributed by atoms with Crippen LogP contribution in [0, 0.1) is 11.6 Å². The molecule has 0 spiro atoms. The maximum atomic E-state index is 13.0. The SMILES string of the molecule is O[C@@H](c1cccc(Cl)c1)c1ccc(F)c(F)c1. The Morgan fingerprint density at radius 2 is 1.65 bits per heavy atom. The van der Waals surface area contributed by atoms with Crippen LogP contribution in [0.4, 0.5) is 8.78 Å². The lowest BCUT2D eigenvalue weighted by Gasteiger charge is -2.11. The quantitative estimate of drug-likeness (QED) is 0.866. The molecule has 1 atom stereocenters. The molecule has 0 aliphatic rings. The van der Waals surface area contributed by atoms with Crippen molar-refractivity contribution in [2.75, 3.05) is 0 Å². The van der Waals surface area contributed by atoms with E-state index in [4.69, 9.17) is 11.6 Å². The summed E-state index contributed by atoms with van der Waals surface area (Å²) in [6.45, 7) is 0. The van der Waals surface area contributed by atoms with E-state index in [2.05, 4.69) is 0 Å². The molecule has 0 saturated heterocycles. The predicted octanol–water partition coefficient (Wildman–Crippen LogP) is 3.70. The van der Waals surface area contributed by atoms with Crippen LogP contribution in [0.5, 0.6) is 0 Å². The van der Waals surface area contributed by atoms with Crippen LogP contribution < -0.4 is 0 Å². The fourth-order valence-corrected chi connectivity index (χ4v) is 1.75. The maximum Gasteiger partial charge on any atom is 0.159 e. The molecule has 0 aliphatic carbocycles. The van der Waals surface area contributed by atoms with Gasteiger partial charge >= 0.3 is 0 Å². The molecule has 2 rings (SSSR count). The number of hydrogen-bond donors (Lipinski definition) is 1. The Morgan fingerprint density at radius 3 is 2.29 bits per heavy atom. The van der Waals surface area contributed by atoms with Gasteiger partial charge in [0.2, 0.25) is 0 Å². The van der Waals surface area contributed by atoms with Crippen LogP contribution >= 0.6 is 11.6 Å². The van der Waals surface area contributed by atoms with Crippen LogP contribution in [0.1, 0.15) is 17.2 Å². The lowest BCUT2D eigenvalue weighted by molar-refractivity contribution is 0.219. The van der Waals surface area contributed by atoms with E-state index in [1.165, 1.54) is 6.07 Å². The largest absolute Gasteiger partial charge is 0.384 e. The molecule has 0 saturated carbocycles. The highest BCUT2D eigenvalue weighted by molar-refractivity contribution is 6.30. The molecule has 17 heavy (non-hydrogen) atoms. The molecule has 1 N–H and O–H groups in total. The Morgan fingerprint density at radius 1 is 0.941 bits per heavy atom. The number of rotatable bonds is 2. The molecule has 0 bridgehead atoms. The second-order valence-electron chi connectivity index (χ2n) is 3.63. The molecule has 1 nitrogen and oxygen atoms in total. The lowest BCUT2D eigenvalue weighted by Crippen LogP contribution is -2.00. The second kappa shape index (κ2) is 4.82. The van der Waals surface area contributed by atoms with Gasteiger partial charge in [-0.25, -0.2) is 8.78 Å². The average molecular weight is 255 g/mol. The summed E-state index contributed by atoms with van der Waals surface area (Å²) in [5, 5.41) is 10.5. The molecule has 2 aromatic rings. The Bertz CT molecular complexity index is 543. The zero-order valence-electron chi connectivity index (χ0n) is 8.70. The topological polar surface area (TPSA) is 20.2 Å². The summed E-state index contributed by atoms with van der Waals surface area (Å²) in [6.07, 6.45) is -1.02. The molecule has 0 radical (unpaired) electrons. The number of aliphatic hydroxyl groups excluding tert-OH is 1. The molecule has 0 unspecified atom stereocenters. The highest BCUT2D eigenvalue weighted by Gasteiger charge is 2.13. The van der Waals surface area contributed by atoms with Crippen molar-refractivity contribution in [3.8, 4) is 0 Å². The normalized spacial score (nSPS) is 12.5. The van der Waals surface area contributed by atoms with Gasteiger partial charge in [-0.2, -0.15) is 0 Å². The molecular formula is C13H9ClF2O. The van der Waals surface area contributed by atoms with Gasteiger partial charge in [-0.3, -0.25) is 0 Å². The van der Waals surface area contributed by atoms with Crippen molar-refractivity contribution in [2.24, 2.45) is 0 Å². The van der Waals surface area contributed by atoms with E-state index in [0.29, 0.717) is 10.6 Å². The van der Waals surface area contributed by atoms with Crippen LogP contribution in [0.2, 0.25) is 5.02 Å². The number of aliphatic hydroxyl groups is 1. The summed E-state index contributed by atoms with van der Waals surface area (Å²) in [5.74, 6) is -1.92. The third-order valence-corrected chi connectivity index (χ3v) is 2.66. The Kier molecular flexibility index (Phi) is 3.41. The van der Waals surface area contributed by atoms with Crippen molar-refractivity contribution >= 4 is 11.6 Å². The molecule has 2 aromatic carbocycles. The highest BCUT2D eigenvalue weighted by atomic mass is 35.5. The van der Waals surface area contributed by atoms with Crippen molar-refractivity contribution in [3.05, 3.63) is 70.2 Å². The van der Waals surface area contributed by atoms with E-state index < -0.39 is 17.7 Å². The van der Waals surface area contributed by atoms with Gasteiger partial charge in [0, 0.05) is 5.02 Å². The molecule has 0 amide bonds. The minimum atomic E-state index is -1.02. The first-order valence-corrected chi connectivity index (χ1v) is 5.34. The zero-order chi connectivity index (χ0) is 12.4. The van der Waals surface area contributed by atoms with E-state index in [0.717, 1.165) is 12.1 Å². The van der Waals surface area contributed by atoms with E-state index >= 15 is 0 Å². The van der Waals surface area contributed by atoms with Crippen LogP contribution in [0.3, 0.4) is 0 Å². The minimum Gasteiger partial charge on any atom is -0.384 e. The predicted molar refractivity (Wildman–Crippen MR) is 61.9 cm³/mol. The molecule has 0 heterocycles. The van der Waals surface area contributed by atoms with Gasteiger partial charge in [-0.05, 0) is 35.4 Å². The molecule has 0 fully saturated rings. The van der Waals surface area contributed by atoms with E-state index in [1.54, 1.807) is 24.3 Å². The second-order valence-corrected chi connectivity index (χ2v) is 4.07. The van der Waals surface area contributed by atoms with Gasteiger partial charge in [0.15, 0.2) is 11.6 Å². The maximum absolute atomic E-state index is 13.0. The van der Waals surface area contributed by atoms with Gasteiger partial charge in [0.1, 0.15) is 6.10 Å². The van der Waals surface area contributed by atoms with Crippen LogP contribution in [0.15, 0.2) is 42.5 Å². The fraction of sp³-hybridized carbons (Fsp3) is 0.0769. The van der Waals surface area contributed by atoms with Gasteiger partial charge in [0.05, 0.1) is 0 Å². The number of benzene rings is 2. The minimum absolute atomic E-state index is 0.283. The molecule has 0 aliphatic heterocycles. The number of halogens is 3. The summed E-state index contributed by atoms with van der Waals surface area (Å²) in [7, 11) is 0. The fourth-order valence-electron chi connectivity index (χ4n) is 1.55. The Hall–Kier alpha value is -1.45. The van der Waals surface area contributed by atoms with Crippen molar-refractivity contribution in [1.29, 1.82) is 0 Å². The van der Waals surface area contributed by atoms with Gasteiger partial charge in [0.25, 0.3) is 0 Å². The first-order valence-electron chi connectivity index (χ1n) is 4.96. The molecule has 0 aromatic heterocycles. The average Bonchev–Trinajstić information content (AvgIpc) is 2.32. The standard InChI is InChI=1S/C13H9ClF2O/c14-10-3-1-2-8(6-10)13(17)9-4-5-11(15)12(16)7-9/h1-7,13,17H/t13-/m0/s1. The summed E-state index contributed by atoms with van der Waals surface area (Å²) < 4.78 is 25.8. The van der Waals surface area contributed by atoms with Crippen LogP contribution in [-0.2, 0) is 0 Å². The summed E-state index contributed by atoms with van der Waals surface area (Å²) in [4.78, 5) is 0. The van der Waals surface area contributed by atoms with Crippen LogP contribution in [-0.4, -0.2) is 5.11 Å². The van der Waals surface area contributed by atoms with Crippen molar-refractivity contribution in [3.63, 3.8) is 0 Å². The molecule has 4 heteroatoms. The zero-order valence-corrected chi connectivity index (χ0v) is 9.46. The smallest absolute Gasteiger partial charge is 0.159 e. The molecular weight excluding hydrogens is 246 g/mol. The Balaban J connectivity index is 2.36. The van der Waals surface area contributed by atoms with Crippen molar-refractivity contribution in [1.82, 2.24) is 0 Å². The first-order chi connectivity index (χ1) is 8.08. The van der Waals surface area contributed by atoms with Gasteiger partial charge in [-0.1, -0.05) is 29.8 Å². The first kappa shape index (κ1) is 12.0. The monoisotopic (exact) mass is 254 g/mol. The van der Waals surface area contributed by atoms with Crippen LogP contribution in [0.25, 0.3) is 0 Å².